The van der Waals surface area contributed by atoms with Crippen molar-refractivity contribution in [2.75, 3.05) is 18.5 Å². The molecule has 9 heteroatoms. The third kappa shape index (κ3) is 4.39. The Labute approximate surface area is 164 Å². The molecule has 3 heterocycles. The third-order valence-corrected chi connectivity index (χ3v) is 4.27. The number of benzene rings is 1. The summed E-state index contributed by atoms with van der Waals surface area (Å²) in [7, 11) is 0. The van der Waals surface area contributed by atoms with Crippen molar-refractivity contribution in [3.63, 3.8) is 0 Å². The third-order valence-electron chi connectivity index (χ3n) is 4.27. The molecule has 0 saturated carbocycles. The number of hydrogen-bond acceptors (Lipinski definition) is 6. The van der Waals surface area contributed by atoms with Crippen molar-refractivity contribution in [2.24, 2.45) is 0 Å². The number of halogens is 3. The Hall–Kier alpha value is -3.36. The van der Waals surface area contributed by atoms with Gasteiger partial charge in [0.25, 0.3) is 0 Å². The van der Waals surface area contributed by atoms with Crippen molar-refractivity contribution in [2.45, 2.75) is 19.1 Å². The van der Waals surface area contributed by atoms with Crippen molar-refractivity contribution in [3.8, 4) is 22.9 Å². The molecule has 4 rings (SSSR count). The van der Waals surface area contributed by atoms with Gasteiger partial charge in [0.15, 0.2) is 23.0 Å². The normalized spacial score (nSPS) is 13.6. The maximum Gasteiger partial charge on any atom is 0.433 e. The first-order valence-corrected chi connectivity index (χ1v) is 8.99. The smallest absolute Gasteiger partial charge is 0.433 e. The fourth-order valence-electron chi connectivity index (χ4n) is 2.89. The number of alkyl halides is 3. The predicted octanol–water partition coefficient (Wildman–Crippen LogP) is 4.33. The molecule has 29 heavy (non-hydrogen) atoms. The second-order valence-electron chi connectivity index (χ2n) is 6.34. The molecular formula is C20H17F3N4O2. The zero-order valence-corrected chi connectivity index (χ0v) is 15.2. The van der Waals surface area contributed by atoms with E-state index in [-0.39, 0.29) is 18.2 Å². The molecule has 0 atom stereocenters. The first-order chi connectivity index (χ1) is 14.0. The second-order valence-corrected chi connectivity index (χ2v) is 6.34. The topological polar surface area (TPSA) is 69.2 Å². The maximum absolute atomic E-state index is 13.3. The van der Waals surface area contributed by atoms with Gasteiger partial charge in [-0.25, -0.2) is 9.97 Å². The lowest BCUT2D eigenvalue weighted by Gasteiger charge is -2.15. The first kappa shape index (κ1) is 19.0. The minimum Gasteiger partial charge on any atom is -0.490 e. The Morgan fingerprint density at radius 3 is 2.59 bits per heavy atom. The summed E-state index contributed by atoms with van der Waals surface area (Å²) in [5.74, 6) is 1.25. The minimum absolute atomic E-state index is 0.0313. The Balaban J connectivity index is 1.64. The Morgan fingerprint density at radius 2 is 1.79 bits per heavy atom. The van der Waals surface area contributed by atoms with E-state index in [0.29, 0.717) is 30.3 Å². The van der Waals surface area contributed by atoms with Gasteiger partial charge in [-0.15, -0.1) is 0 Å². The van der Waals surface area contributed by atoms with Gasteiger partial charge in [0.05, 0.1) is 13.2 Å². The van der Waals surface area contributed by atoms with Crippen molar-refractivity contribution in [1.82, 2.24) is 15.0 Å². The highest BCUT2D eigenvalue weighted by atomic mass is 19.4. The number of fused-ring (bicyclic) bond motifs is 1. The number of para-hydroxylation sites is 1. The molecule has 6 nitrogen and oxygen atoms in total. The summed E-state index contributed by atoms with van der Waals surface area (Å²) in [6.45, 7) is 1.29. The van der Waals surface area contributed by atoms with E-state index in [0.717, 1.165) is 18.1 Å². The van der Waals surface area contributed by atoms with E-state index in [1.54, 1.807) is 18.2 Å². The van der Waals surface area contributed by atoms with E-state index >= 15 is 0 Å². The van der Waals surface area contributed by atoms with E-state index < -0.39 is 11.9 Å². The summed E-state index contributed by atoms with van der Waals surface area (Å²) in [4.78, 5) is 11.8. The number of aromatic nitrogens is 3. The predicted molar refractivity (Wildman–Crippen MR) is 99.6 cm³/mol. The highest BCUT2D eigenvalue weighted by Crippen LogP contribution is 2.34. The summed E-state index contributed by atoms with van der Waals surface area (Å²) in [5, 5.41) is 2.95. The van der Waals surface area contributed by atoms with Crippen LogP contribution >= 0.6 is 0 Å². The molecule has 0 unspecified atom stereocenters. The number of hydrogen-bond donors (Lipinski definition) is 1. The molecule has 2 aromatic heterocycles. The van der Waals surface area contributed by atoms with Crippen molar-refractivity contribution < 1.29 is 22.6 Å². The zero-order chi connectivity index (χ0) is 20.3. The molecule has 0 amide bonds. The van der Waals surface area contributed by atoms with Gasteiger partial charge in [-0.2, -0.15) is 13.2 Å². The maximum atomic E-state index is 13.3. The summed E-state index contributed by atoms with van der Waals surface area (Å²) in [5.41, 5.74) is 0.190. The Bertz CT molecular complexity index is 997. The standard InChI is InChI=1S/C20H17F3N4O2/c21-20(22,23)16-11-17(27-19(26-16)13-5-7-24-8-6-13)25-12-14-3-1-4-15-18(14)29-10-2-9-28-15/h1,3-8,11H,2,9-10,12H2,(H,25,26,27). The van der Waals surface area contributed by atoms with Crippen LogP contribution in [0.2, 0.25) is 0 Å². The van der Waals surface area contributed by atoms with Gasteiger partial charge in [-0.05, 0) is 18.2 Å². The van der Waals surface area contributed by atoms with Gasteiger partial charge >= 0.3 is 6.18 Å². The fourth-order valence-corrected chi connectivity index (χ4v) is 2.89. The molecule has 0 bridgehead atoms. The average Bonchev–Trinajstić information content (AvgIpc) is 2.98. The van der Waals surface area contributed by atoms with Crippen molar-refractivity contribution in [3.05, 3.63) is 60.0 Å². The fraction of sp³-hybridized carbons (Fsp3) is 0.250. The van der Waals surface area contributed by atoms with Crippen molar-refractivity contribution >= 4 is 5.82 Å². The number of anilines is 1. The van der Waals surface area contributed by atoms with Crippen LogP contribution in [0.5, 0.6) is 11.5 Å². The van der Waals surface area contributed by atoms with Crippen LogP contribution in [0.15, 0.2) is 48.8 Å². The Morgan fingerprint density at radius 1 is 1.00 bits per heavy atom. The molecule has 1 aliphatic heterocycles. The van der Waals surface area contributed by atoms with Crippen LogP contribution in [0.3, 0.4) is 0 Å². The van der Waals surface area contributed by atoms with Gasteiger partial charge in [-0.3, -0.25) is 4.98 Å². The molecule has 150 valence electrons. The molecule has 0 spiro atoms. The number of ether oxygens (including phenoxy) is 2. The number of rotatable bonds is 4. The summed E-state index contributed by atoms with van der Waals surface area (Å²) >= 11 is 0. The number of nitrogens with one attached hydrogen (secondary N) is 1. The molecule has 1 aromatic carbocycles. The molecule has 1 N–H and O–H groups in total. The van der Waals surface area contributed by atoms with E-state index in [1.165, 1.54) is 12.4 Å². The molecule has 3 aromatic rings. The molecule has 1 aliphatic rings. The lowest BCUT2D eigenvalue weighted by atomic mass is 10.2. The summed E-state index contributed by atoms with van der Waals surface area (Å²) in [6.07, 6.45) is -0.884. The zero-order valence-electron chi connectivity index (χ0n) is 15.2. The second kappa shape index (κ2) is 7.94. The van der Waals surface area contributed by atoms with E-state index in [2.05, 4.69) is 20.3 Å². The number of nitrogens with zero attached hydrogens (tertiary/aromatic N) is 3. The SMILES string of the molecule is FC(F)(F)c1cc(NCc2cccc3c2OCCCO3)nc(-c2ccncc2)n1. The summed E-state index contributed by atoms with van der Waals surface area (Å²) in [6, 6.07) is 9.45. The summed E-state index contributed by atoms with van der Waals surface area (Å²) < 4.78 is 51.4. The lowest BCUT2D eigenvalue weighted by Crippen LogP contribution is -2.12. The van der Waals surface area contributed by atoms with Crippen LogP contribution in [0.25, 0.3) is 11.4 Å². The van der Waals surface area contributed by atoms with Crippen LogP contribution in [0.1, 0.15) is 17.7 Å². The van der Waals surface area contributed by atoms with E-state index in [4.69, 9.17) is 9.47 Å². The average molecular weight is 402 g/mol. The Kier molecular flexibility index (Phi) is 5.20. The molecule has 0 saturated heterocycles. The monoisotopic (exact) mass is 402 g/mol. The highest BCUT2D eigenvalue weighted by Gasteiger charge is 2.34. The van der Waals surface area contributed by atoms with Gasteiger partial charge in [0.2, 0.25) is 0 Å². The molecule has 0 radical (unpaired) electrons. The number of pyridine rings is 1. The van der Waals surface area contributed by atoms with E-state index in [1.807, 2.05) is 12.1 Å². The highest BCUT2D eigenvalue weighted by molar-refractivity contribution is 5.57. The lowest BCUT2D eigenvalue weighted by molar-refractivity contribution is -0.141. The van der Waals surface area contributed by atoms with Gasteiger partial charge < -0.3 is 14.8 Å². The van der Waals surface area contributed by atoms with E-state index in [9.17, 15) is 13.2 Å². The van der Waals surface area contributed by atoms with Gasteiger partial charge in [0.1, 0.15) is 5.82 Å². The van der Waals surface area contributed by atoms with Crippen LogP contribution < -0.4 is 14.8 Å². The quantitative estimate of drug-likeness (QED) is 0.701. The minimum atomic E-state index is -4.60. The molecule has 0 aliphatic carbocycles. The largest absolute Gasteiger partial charge is 0.490 e. The van der Waals surface area contributed by atoms with Crippen LogP contribution in [-0.4, -0.2) is 28.2 Å². The molecule has 0 fully saturated rings. The van der Waals surface area contributed by atoms with Crippen molar-refractivity contribution in [1.29, 1.82) is 0 Å². The van der Waals surface area contributed by atoms with Gasteiger partial charge in [0, 0.05) is 42.6 Å². The van der Waals surface area contributed by atoms with Gasteiger partial charge in [-0.1, -0.05) is 12.1 Å². The van der Waals surface area contributed by atoms with Crippen LogP contribution in [0.4, 0.5) is 19.0 Å². The molecular weight excluding hydrogens is 385 g/mol. The first-order valence-electron chi connectivity index (χ1n) is 8.99. The van der Waals surface area contributed by atoms with Crippen LogP contribution in [0, 0.1) is 0 Å². The van der Waals surface area contributed by atoms with Crippen LogP contribution in [-0.2, 0) is 12.7 Å².